The lowest BCUT2D eigenvalue weighted by Crippen LogP contribution is -2.14. The number of hydrogen-bond donors (Lipinski definition) is 2. The van der Waals surface area contributed by atoms with Gasteiger partial charge < -0.3 is 15.0 Å². The number of fused-ring (bicyclic) bond motifs is 1. The van der Waals surface area contributed by atoms with Crippen LogP contribution in [0.3, 0.4) is 0 Å². The number of aromatic amines is 1. The van der Waals surface area contributed by atoms with E-state index in [2.05, 4.69) is 15.3 Å². The molecule has 0 fully saturated rings. The molecule has 4 rings (SSSR count). The fraction of sp³-hybridized carbons (Fsp3) is 0.160. The monoisotopic (exact) mass is 447 g/mol. The van der Waals surface area contributed by atoms with Gasteiger partial charge in [-0.05, 0) is 48.9 Å². The Morgan fingerprint density at radius 3 is 2.56 bits per heavy atom. The molecule has 0 atom stereocenters. The summed E-state index contributed by atoms with van der Waals surface area (Å²) in [6, 6.07) is 21.9. The number of rotatable bonds is 8. The summed E-state index contributed by atoms with van der Waals surface area (Å²) < 4.78 is 5.75. The van der Waals surface area contributed by atoms with E-state index < -0.39 is 0 Å². The number of aromatic nitrogens is 2. The van der Waals surface area contributed by atoms with Crippen LogP contribution in [0.4, 0.5) is 5.69 Å². The van der Waals surface area contributed by atoms with Gasteiger partial charge in [-0.1, -0.05) is 41.9 Å². The van der Waals surface area contributed by atoms with Gasteiger partial charge in [-0.15, -0.1) is 0 Å². The van der Waals surface area contributed by atoms with Crippen molar-refractivity contribution in [2.24, 2.45) is 0 Å². The highest BCUT2D eigenvalue weighted by Gasteiger charge is 2.07. The highest BCUT2D eigenvalue weighted by molar-refractivity contribution is 6.31. The van der Waals surface area contributed by atoms with Crippen LogP contribution >= 0.6 is 11.6 Å². The largest absolute Gasteiger partial charge is 0.489 e. The molecule has 0 saturated heterocycles. The van der Waals surface area contributed by atoms with Gasteiger partial charge in [-0.3, -0.25) is 9.59 Å². The van der Waals surface area contributed by atoms with E-state index in [9.17, 15) is 9.59 Å². The molecule has 3 aromatic carbocycles. The van der Waals surface area contributed by atoms with E-state index in [4.69, 9.17) is 16.3 Å². The summed E-state index contributed by atoms with van der Waals surface area (Å²) in [4.78, 5) is 31.6. The number of ether oxygens (including phenoxy) is 1. The quantitative estimate of drug-likeness (QED) is 0.392. The van der Waals surface area contributed by atoms with Crippen molar-refractivity contribution < 1.29 is 9.53 Å². The summed E-state index contributed by atoms with van der Waals surface area (Å²) in [5.41, 5.74) is 2.10. The van der Waals surface area contributed by atoms with Crippen LogP contribution in [0.25, 0.3) is 10.9 Å². The lowest BCUT2D eigenvalue weighted by atomic mass is 10.2. The number of H-pyrrole nitrogens is 1. The van der Waals surface area contributed by atoms with E-state index in [1.807, 2.05) is 36.4 Å². The minimum atomic E-state index is -0.160. The number of para-hydroxylation sites is 1. The van der Waals surface area contributed by atoms with Crippen LogP contribution in [0.5, 0.6) is 5.75 Å². The number of aryl methyl sites for hydroxylation is 1. The number of amides is 1. The summed E-state index contributed by atoms with van der Waals surface area (Å²) >= 11 is 6.14. The molecule has 1 heterocycles. The molecule has 0 aliphatic rings. The number of nitrogens with zero attached hydrogens (tertiary/aromatic N) is 1. The molecule has 32 heavy (non-hydrogen) atoms. The summed E-state index contributed by atoms with van der Waals surface area (Å²) in [6.45, 7) is 0.371. The molecule has 0 unspecified atom stereocenters. The lowest BCUT2D eigenvalue weighted by Gasteiger charge is -2.09. The van der Waals surface area contributed by atoms with E-state index in [1.165, 1.54) is 0 Å². The van der Waals surface area contributed by atoms with Gasteiger partial charge >= 0.3 is 0 Å². The number of carbonyl (C=O) groups is 1. The van der Waals surface area contributed by atoms with E-state index in [0.717, 1.165) is 5.56 Å². The van der Waals surface area contributed by atoms with Crippen molar-refractivity contribution in [1.29, 1.82) is 0 Å². The summed E-state index contributed by atoms with van der Waals surface area (Å²) in [5, 5.41) is 4.10. The van der Waals surface area contributed by atoms with Crippen LogP contribution < -0.4 is 15.6 Å². The highest BCUT2D eigenvalue weighted by atomic mass is 35.5. The van der Waals surface area contributed by atoms with Gasteiger partial charge in [0.1, 0.15) is 18.2 Å². The first-order chi connectivity index (χ1) is 15.6. The van der Waals surface area contributed by atoms with E-state index >= 15 is 0 Å². The van der Waals surface area contributed by atoms with Crippen LogP contribution in [0, 0.1) is 0 Å². The average Bonchev–Trinajstić information content (AvgIpc) is 2.80. The van der Waals surface area contributed by atoms with Crippen molar-refractivity contribution in [2.45, 2.75) is 25.9 Å². The molecule has 162 valence electrons. The van der Waals surface area contributed by atoms with Crippen molar-refractivity contribution in [2.75, 3.05) is 5.32 Å². The predicted octanol–water partition coefficient (Wildman–Crippen LogP) is 5.12. The Bertz CT molecular complexity index is 1290. The number of carbonyl (C=O) groups excluding carboxylic acids is 1. The van der Waals surface area contributed by atoms with Gasteiger partial charge in [-0.2, -0.15) is 0 Å². The second-order valence-corrected chi connectivity index (χ2v) is 7.74. The normalized spacial score (nSPS) is 10.8. The molecule has 4 aromatic rings. The SMILES string of the molecule is O=C(CCCc1nc2ccccc2c(=O)[nH]1)Nc1ccc(OCc2ccccc2Cl)cc1. The standard InChI is InChI=1S/C25H22ClN3O3/c26-21-8-3-1-6-17(21)16-32-19-14-12-18(13-15-19)27-24(30)11-5-10-23-28-22-9-4-2-7-20(22)25(31)29-23/h1-4,6-9,12-15H,5,10-11,16H2,(H,27,30)(H,28,29,31). The van der Waals surface area contributed by atoms with Crippen LogP contribution in [0.2, 0.25) is 5.02 Å². The summed E-state index contributed by atoms with van der Waals surface area (Å²) in [7, 11) is 0. The molecule has 1 amide bonds. The van der Waals surface area contributed by atoms with Crippen LogP contribution in [-0.2, 0) is 17.8 Å². The Kier molecular flexibility index (Phi) is 6.82. The maximum absolute atomic E-state index is 12.3. The van der Waals surface area contributed by atoms with Crippen molar-refractivity contribution in [3.63, 3.8) is 0 Å². The van der Waals surface area contributed by atoms with Gasteiger partial charge in [0.15, 0.2) is 0 Å². The number of halogens is 1. The molecule has 0 spiro atoms. The number of anilines is 1. The van der Waals surface area contributed by atoms with Crippen molar-refractivity contribution >= 4 is 34.1 Å². The molecular formula is C25H22ClN3O3. The fourth-order valence-electron chi connectivity index (χ4n) is 3.30. The molecule has 7 heteroatoms. The molecule has 0 aliphatic heterocycles. The third kappa shape index (κ3) is 5.53. The number of hydrogen-bond acceptors (Lipinski definition) is 4. The van der Waals surface area contributed by atoms with Gasteiger partial charge in [0.05, 0.1) is 10.9 Å². The lowest BCUT2D eigenvalue weighted by molar-refractivity contribution is -0.116. The molecule has 0 bridgehead atoms. The van der Waals surface area contributed by atoms with Crippen molar-refractivity contribution in [3.05, 3.63) is 99.6 Å². The third-order valence-corrected chi connectivity index (χ3v) is 5.34. The Hall–Kier alpha value is -3.64. The number of nitrogens with one attached hydrogen (secondary N) is 2. The Morgan fingerprint density at radius 1 is 1.00 bits per heavy atom. The molecule has 2 N–H and O–H groups in total. The molecule has 0 aliphatic carbocycles. The minimum absolute atomic E-state index is 0.0992. The Balaban J connectivity index is 1.25. The smallest absolute Gasteiger partial charge is 0.258 e. The first-order valence-electron chi connectivity index (χ1n) is 10.3. The second-order valence-electron chi connectivity index (χ2n) is 7.34. The maximum Gasteiger partial charge on any atom is 0.258 e. The van der Waals surface area contributed by atoms with E-state index in [0.29, 0.717) is 59.1 Å². The predicted molar refractivity (Wildman–Crippen MR) is 126 cm³/mol. The zero-order valence-corrected chi connectivity index (χ0v) is 18.1. The van der Waals surface area contributed by atoms with Crippen LogP contribution in [-0.4, -0.2) is 15.9 Å². The van der Waals surface area contributed by atoms with Gasteiger partial charge in [0.2, 0.25) is 5.91 Å². The topological polar surface area (TPSA) is 84.1 Å². The molecule has 0 saturated carbocycles. The first kappa shape index (κ1) is 21.6. The zero-order valence-electron chi connectivity index (χ0n) is 17.3. The second kappa shape index (κ2) is 10.1. The van der Waals surface area contributed by atoms with Crippen LogP contribution in [0.15, 0.2) is 77.6 Å². The average molecular weight is 448 g/mol. The zero-order chi connectivity index (χ0) is 22.3. The first-order valence-corrected chi connectivity index (χ1v) is 10.7. The maximum atomic E-state index is 12.3. The van der Waals surface area contributed by atoms with Crippen LogP contribution in [0.1, 0.15) is 24.2 Å². The van der Waals surface area contributed by atoms with E-state index in [1.54, 1.807) is 36.4 Å². The summed E-state index contributed by atoms with van der Waals surface area (Å²) in [6.07, 6.45) is 1.41. The van der Waals surface area contributed by atoms with Gasteiger partial charge in [-0.25, -0.2) is 4.98 Å². The molecule has 0 radical (unpaired) electrons. The fourth-order valence-corrected chi connectivity index (χ4v) is 3.49. The van der Waals surface area contributed by atoms with Crippen molar-refractivity contribution in [1.82, 2.24) is 9.97 Å². The van der Waals surface area contributed by atoms with Gasteiger partial charge in [0.25, 0.3) is 5.56 Å². The Morgan fingerprint density at radius 2 is 1.75 bits per heavy atom. The van der Waals surface area contributed by atoms with Gasteiger partial charge in [0, 0.05) is 29.1 Å². The molecule has 1 aromatic heterocycles. The summed E-state index contributed by atoms with van der Waals surface area (Å²) in [5.74, 6) is 1.17. The van der Waals surface area contributed by atoms with E-state index in [-0.39, 0.29) is 11.5 Å². The number of benzene rings is 3. The third-order valence-electron chi connectivity index (χ3n) is 4.97. The minimum Gasteiger partial charge on any atom is -0.489 e. The molecular weight excluding hydrogens is 426 g/mol. The highest BCUT2D eigenvalue weighted by Crippen LogP contribution is 2.20. The van der Waals surface area contributed by atoms with Crippen molar-refractivity contribution in [3.8, 4) is 5.75 Å². The Labute approximate surface area is 190 Å². The molecule has 6 nitrogen and oxygen atoms in total.